The van der Waals surface area contributed by atoms with Gasteiger partial charge in [0.1, 0.15) is 6.07 Å². The number of carbonyl (C=O) groups is 1. The number of nitriles is 1. The summed E-state index contributed by atoms with van der Waals surface area (Å²) in [7, 11) is 0. The predicted molar refractivity (Wildman–Crippen MR) is 68.5 cm³/mol. The van der Waals surface area contributed by atoms with Crippen molar-refractivity contribution in [1.82, 2.24) is 0 Å². The maximum absolute atomic E-state index is 11.9. The van der Waals surface area contributed by atoms with Crippen molar-refractivity contribution >= 4 is 11.8 Å². The molecule has 1 saturated heterocycles. The fourth-order valence-electron chi connectivity index (χ4n) is 2.47. The summed E-state index contributed by atoms with van der Waals surface area (Å²) in [5.41, 5.74) is 4.19. The lowest BCUT2D eigenvalue weighted by Crippen LogP contribution is -2.42. The van der Waals surface area contributed by atoms with E-state index in [1.807, 2.05) is 39.0 Å². The van der Waals surface area contributed by atoms with Crippen LogP contribution in [0.3, 0.4) is 0 Å². The highest BCUT2D eigenvalue weighted by molar-refractivity contribution is 5.90. The Bertz CT molecular complexity index is 508. The van der Waals surface area contributed by atoms with Gasteiger partial charge in [-0.25, -0.2) is 4.79 Å². The Kier molecular flexibility index (Phi) is 3.24. The van der Waals surface area contributed by atoms with E-state index >= 15 is 0 Å². The Morgan fingerprint density at radius 1 is 1.33 bits per heavy atom. The van der Waals surface area contributed by atoms with Crippen LogP contribution >= 0.6 is 0 Å². The van der Waals surface area contributed by atoms with Crippen molar-refractivity contribution in [2.45, 2.75) is 33.3 Å². The van der Waals surface area contributed by atoms with Crippen LogP contribution in [0.4, 0.5) is 10.5 Å². The van der Waals surface area contributed by atoms with Gasteiger partial charge in [-0.1, -0.05) is 17.7 Å². The molecule has 0 spiro atoms. The normalized spacial score (nSPS) is 19.3. The van der Waals surface area contributed by atoms with Gasteiger partial charge in [-0.3, -0.25) is 4.90 Å². The summed E-state index contributed by atoms with van der Waals surface area (Å²) in [6.07, 6.45) is -0.489. The minimum Gasteiger partial charge on any atom is -0.430 e. The van der Waals surface area contributed by atoms with Gasteiger partial charge >= 0.3 is 6.09 Å². The second kappa shape index (κ2) is 4.69. The first-order chi connectivity index (χ1) is 8.52. The summed E-state index contributed by atoms with van der Waals surface area (Å²) in [6.45, 7) is 6.53. The summed E-state index contributed by atoms with van der Waals surface area (Å²) in [5.74, 6) is 0. The maximum atomic E-state index is 11.9. The van der Waals surface area contributed by atoms with Gasteiger partial charge in [-0.15, -0.1) is 0 Å². The highest BCUT2D eigenvalue weighted by Gasteiger charge is 2.29. The average molecular weight is 244 g/mol. The van der Waals surface area contributed by atoms with Crippen molar-refractivity contribution in [1.29, 1.82) is 5.26 Å². The van der Waals surface area contributed by atoms with Crippen molar-refractivity contribution in [3.63, 3.8) is 0 Å². The molecule has 2 rings (SSSR count). The molecular weight excluding hydrogens is 228 g/mol. The number of anilines is 1. The molecule has 0 N–H and O–H groups in total. The van der Waals surface area contributed by atoms with Gasteiger partial charge in [-0.05, 0) is 31.9 Å². The number of hydrogen-bond acceptors (Lipinski definition) is 3. The summed E-state index contributed by atoms with van der Waals surface area (Å²) < 4.78 is 5.07. The van der Waals surface area contributed by atoms with E-state index in [1.54, 1.807) is 4.90 Å². The average Bonchev–Trinajstić information content (AvgIpc) is 2.29. The number of hydrogen-bond donors (Lipinski definition) is 0. The van der Waals surface area contributed by atoms with Crippen LogP contribution in [-0.4, -0.2) is 18.7 Å². The Morgan fingerprint density at radius 3 is 2.44 bits per heavy atom. The fourth-order valence-corrected chi connectivity index (χ4v) is 2.47. The van der Waals surface area contributed by atoms with E-state index in [0.29, 0.717) is 13.0 Å². The van der Waals surface area contributed by atoms with Crippen LogP contribution in [0.5, 0.6) is 0 Å². The lowest BCUT2D eigenvalue weighted by Gasteiger charge is -2.31. The number of cyclic esters (lactones) is 1. The largest absolute Gasteiger partial charge is 0.430 e. The quantitative estimate of drug-likeness (QED) is 0.763. The SMILES string of the molecule is Cc1cc(C)c(N2CCC(C#N)OC2=O)c(C)c1. The van der Waals surface area contributed by atoms with Crippen LogP contribution in [0.1, 0.15) is 23.1 Å². The zero-order valence-electron chi connectivity index (χ0n) is 10.9. The zero-order valence-corrected chi connectivity index (χ0v) is 10.9. The highest BCUT2D eigenvalue weighted by atomic mass is 16.6. The standard InChI is InChI=1S/C14H16N2O2/c1-9-6-10(2)13(11(3)7-9)16-5-4-12(8-15)18-14(16)17/h6-7,12H,4-5H2,1-3H3. The lowest BCUT2D eigenvalue weighted by molar-refractivity contribution is 0.111. The molecule has 1 unspecified atom stereocenters. The molecular formula is C14H16N2O2. The Hall–Kier alpha value is -2.02. The highest BCUT2D eigenvalue weighted by Crippen LogP contribution is 2.29. The van der Waals surface area contributed by atoms with E-state index in [2.05, 4.69) is 0 Å². The summed E-state index contributed by atoms with van der Waals surface area (Å²) in [5, 5.41) is 8.77. The predicted octanol–water partition coefficient (Wildman–Crippen LogP) is 2.85. The Morgan fingerprint density at radius 2 is 1.94 bits per heavy atom. The molecule has 1 aliphatic heterocycles. The minimum atomic E-state index is -0.611. The topological polar surface area (TPSA) is 53.3 Å². The van der Waals surface area contributed by atoms with E-state index in [9.17, 15) is 4.79 Å². The van der Waals surface area contributed by atoms with Gasteiger partial charge in [0.05, 0.1) is 5.69 Å². The molecule has 94 valence electrons. The van der Waals surface area contributed by atoms with E-state index in [4.69, 9.17) is 10.00 Å². The van der Waals surface area contributed by atoms with Gasteiger partial charge < -0.3 is 4.74 Å². The molecule has 1 aliphatic rings. The van der Waals surface area contributed by atoms with Crippen LogP contribution in [0.15, 0.2) is 12.1 Å². The van der Waals surface area contributed by atoms with Gasteiger partial charge in [0.25, 0.3) is 0 Å². The summed E-state index contributed by atoms with van der Waals surface area (Å²) >= 11 is 0. The molecule has 1 atom stereocenters. The molecule has 0 aliphatic carbocycles. The second-order valence-electron chi connectivity index (χ2n) is 4.69. The first-order valence-corrected chi connectivity index (χ1v) is 5.98. The summed E-state index contributed by atoms with van der Waals surface area (Å²) in [4.78, 5) is 13.5. The summed E-state index contributed by atoms with van der Waals surface area (Å²) in [6, 6.07) is 6.07. The first-order valence-electron chi connectivity index (χ1n) is 5.98. The number of amides is 1. The van der Waals surface area contributed by atoms with Crippen LogP contribution in [0.25, 0.3) is 0 Å². The third-order valence-corrected chi connectivity index (χ3v) is 3.13. The van der Waals surface area contributed by atoms with E-state index in [0.717, 1.165) is 16.8 Å². The number of nitrogens with zero attached hydrogens (tertiary/aromatic N) is 2. The minimum absolute atomic E-state index is 0.428. The molecule has 0 saturated carbocycles. The van der Waals surface area contributed by atoms with Gasteiger partial charge in [0.15, 0.2) is 6.10 Å². The molecule has 1 fully saturated rings. The number of carbonyl (C=O) groups excluding carboxylic acids is 1. The molecule has 0 bridgehead atoms. The Balaban J connectivity index is 2.34. The molecule has 0 aromatic heterocycles. The van der Waals surface area contributed by atoms with Crippen molar-refractivity contribution in [2.24, 2.45) is 0 Å². The van der Waals surface area contributed by atoms with Crippen molar-refractivity contribution in [2.75, 3.05) is 11.4 Å². The molecule has 4 heteroatoms. The number of benzene rings is 1. The van der Waals surface area contributed by atoms with Gasteiger partial charge in [-0.2, -0.15) is 5.26 Å². The van der Waals surface area contributed by atoms with Crippen LogP contribution < -0.4 is 4.90 Å². The Labute approximate surface area is 107 Å². The van der Waals surface area contributed by atoms with Crippen molar-refractivity contribution in [3.8, 4) is 6.07 Å². The molecule has 1 amide bonds. The van der Waals surface area contributed by atoms with Crippen LogP contribution in [-0.2, 0) is 4.74 Å². The molecule has 18 heavy (non-hydrogen) atoms. The first kappa shape index (κ1) is 12.4. The number of rotatable bonds is 1. The van der Waals surface area contributed by atoms with E-state index in [1.165, 1.54) is 5.56 Å². The lowest BCUT2D eigenvalue weighted by atomic mass is 10.0. The molecule has 0 radical (unpaired) electrons. The monoisotopic (exact) mass is 244 g/mol. The van der Waals surface area contributed by atoms with Gasteiger partial charge in [0, 0.05) is 13.0 Å². The fraction of sp³-hybridized carbons (Fsp3) is 0.429. The van der Waals surface area contributed by atoms with Crippen LogP contribution in [0, 0.1) is 32.1 Å². The molecule has 1 heterocycles. The zero-order chi connectivity index (χ0) is 13.3. The molecule has 4 nitrogen and oxygen atoms in total. The maximum Gasteiger partial charge on any atom is 0.415 e. The second-order valence-corrected chi connectivity index (χ2v) is 4.69. The molecule has 1 aromatic carbocycles. The third kappa shape index (κ3) is 2.17. The van der Waals surface area contributed by atoms with Crippen molar-refractivity contribution < 1.29 is 9.53 Å². The van der Waals surface area contributed by atoms with Crippen LogP contribution in [0.2, 0.25) is 0 Å². The smallest absolute Gasteiger partial charge is 0.415 e. The number of aryl methyl sites for hydroxylation is 3. The number of ether oxygens (including phenoxy) is 1. The van der Waals surface area contributed by atoms with Crippen molar-refractivity contribution in [3.05, 3.63) is 28.8 Å². The van der Waals surface area contributed by atoms with E-state index < -0.39 is 12.2 Å². The van der Waals surface area contributed by atoms with E-state index in [-0.39, 0.29) is 0 Å². The van der Waals surface area contributed by atoms with Gasteiger partial charge in [0.2, 0.25) is 0 Å². The molecule has 1 aromatic rings. The third-order valence-electron chi connectivity index (χ3n) is 3.13.